The lowest BCUT2D eigenvalue weighted by Crippen LogP contribution is -2.25. The monoisotopic (exact) mass is 212 g/mol. The van der Waals surface area contributed by atoms with Crippen molar-refractivity contribution in [2.45, 2.75) is 13.0 Å². The topological polar surface area (TPSA) is 42.4 Å². The fraction of sp³-hybridized carbons (Fsp3) is 0.556. The number of fused-ring (bicyclic) bond motifs is 1. The van der Waals surface area contributed by atoms with E-state index in [9.17, 15) is 4.79 Å². The summed E-state index contributed by atoms with van der Waals surface area (Å²) in [6.07, 6.45) is 0.930. The Kier molecular flexibility index (Phi) is 2.52. The zero-order valence-electron chi connectivity index (χ0n) is 8.24. The van der Waals surface area contributed by atoms with Crippen LogP contribution in [0.5, 0.6) is 0 Å². The van der Waals surface area contributed by atoms with E-state index in [0.29, 0.717) is 5.01 Å². The molecule has 0 spiro atoms. The molecule has 0 bridgehead atoms. The molecule has 0 saturated carbocycles. The summed E-state index contributed by atoms with van der Waals surface area (Å²) in [5, 5.41) is 0.479. The fourth-order valence-corrected chi connectivity index (χ4v) is 2.60. The van der Waals surface area contributed by atoms with Crippen molar-refractivity contribution in [1.82, 2.24) is 9.88 Å². The van der Waals surface area contributed by atoms with Crippen LogP contribution >= 0.6 is 11.3 Å². The molecule has 1 aliphatic rings. The highest BCUT2D eigenvalue weighted by Gasteiger charge is 2.21. The number of methoxy groups -OCH3 is 1. The molecule has 5 heteroatoms. The fourth-order valence-electron chi connectivity index (χ4n) is 1.50. The van der Waals surface area contributed by atoms with Crippen molar-refractivity contribution in [3.63, 3.8) is 0 Å². The molecule has 2 rings (SSSR count). The first-order valence-electron chi connectivity index (χ1n) is 4.46. The van der Waals surface area contributed by atoms with E-state index in [2.05, 4.69) is 21.7 Å². The lowest BCUT2D eigenvalue weighted by molar-refractivity contribution is 0.0600. The zero-order valence-corrected chi connectivity index (χ0v) is 9.06. The molecular formula is C9H12N2O2S. The van der Waals surface area contributed by atoms with Crippen molar-refractivity contribution in [3.8, 4) is 0 Å². The maximum atomic E-state index is 11.2. The van der Waals surface area contributed by atoms with Crippen molar-refractivity contribution in [2.75, 3.05) is 20.7 Å². The third-order valence-corrected chi connectivity index (χ3v) is 3.34. The van der Waals surface area contributed by atoms with E-state index < -0.39 is 0 Å². The smallest absolute Gasteiger partial charge is 0.367 e. The second-order valence-corrected chi connectivity index (χ2v) is 4.45. The third-order valence-electron chi connectivity index (χ3n) is 2.28. The molecular weight excluding hydrogens is 200 g/mol. The number of hydrogen-bond acceptors (Lipinski definition) is 5. The molecule has 1 aromatic heterocycles. The van der Waals surface area contributed by atoms with E-state index in [1.54, 1.807) is 0 Å². The van der Waals surface area contributed by atoms with Crippen molar-refractivity contribution >= 4 is 17.3 Å². The first-order chi connectivity index (χ1) is 6.70. The highest BCUT2D eigenvalue weighted by molar-refractivity contribution is 7.13. The van der Waals surface area contributed by atoms with Gasteiger partial charge in [0.15, 0.2) is 0 Å². The molecule has 1 aromatic rings. The number of aromatic nitrogens is 1. The predicted octanol–water partition coefficient (Wildman–Crippen LogP) is 0.918. The van der Waals surface area contributed by atoms with Crippen LogP contribution in [-0.2, 0) is 17.7 Å². The second-order valence-electron chi connectivity index (χ2n) is 3.37. The number of nitrogens with zero attached hydrogens (tertiary/aromatic N) is 2. The van der Waals surface area contributed by atoms with Crippen molar-refractivity contribution in [3.05, 3.63) is 15.6 Å². The predicted molar refractivity (Wildman–Crippen MR) is 53.5 cm³/mol. The summed E-state index contributed by atoms with van der Waals surface area (Å²) < 4.78 is 4.64. The number of rotatable bonds is 1. The molecule has 0 atom stereocenters. The summed E-state index contributed by atoms with van der Waals surface area (Å²) in [6, 6.07) is 0. The molecule has 0 unspecified atom stereocenters. The second kappa shape index (κ2) is 3.67. The number of likely N-dealkylation sites (N-methyl/N-ethyl adjacent to an activating group) is 1. The van der Waals surface area contributed by atoms with E-state index in [-0.39, 0.29) is 5.97 Å². The van der Waals surface area contributed by atoms with E-state index in [4.69, 9.17) is 0 Å². The molecule has 0 aromatic carbocycles. The number of carbonyl (C=O) groups is 1. The Balaban J connectivity index is 2.27. The standard InChI is InChI=1S/C9H12N2O2S/c1-11-4-3-6-7(5-11)14-8(10-6)9(12)13-2/h3-5H2,1-2H3. The first kappa shape index (κ1) is 9.61. The maximum Gasteiger partial charge on any atom is 0.367 e. The number of carbonyl (C=O) groups excluding carboxylic acids is 1. The average molecular weight is 212 g/mol. The molecule has 0 N–H and O–H groups in total. The Morgan fingerprint density at radius 2 is 2.43 bits per heavy atom. The first-order valence-corrected chi connectivity index (χ1v) is 5.28. The third kappa shape index (κ3) is 1.65. The minimum absolute atomic E-state index is 0.327. The van der Waals surface area contributed by atoms with Crippen LogP contribution in [-0.4, -0.2) is 36.6 Å². The lowest BCUT2D eigenvalue weighted by atomic mass is 10.2. The number of thiazole rings is 1. The van der Waals surface area contributed by atoms with Crippen LogP contribution in [0, 0.1) is 0 Å². The normalized spacial score (nSPS) is 16.4. The summed E-state index contributed by atoms with van der Waals surface area (Å²) >= 11 is 1.44. The van der Waals surface area contributed by atoms with Gasteiger partial charge in [0.05, 0.1) is 12.8 Å². The highest BCUT2D eigenvalue weighted by atomic mass is 32.1. The van der Waals surface area contributed by atoms with Gasteiger partial charge in [0.1, 0.15) is 0 Å². The number of ether oxygens (including phenoxy) is 1. The van der Waals surface area contributed by atoms with Crippen LogP contribution in [0.15, 0.2) is 0 Å². The molecule has 0 aliphatic carbocycles. The maximum absolute atomic E-state index is 11.2. The molecule has 0 radical (unpaired) electrons. The largest absolute Gasteiger partial charge is 0.464 e. The number of esters is 1. The van der Waals surface area contributed by atoms with Crippen LogP contribution in [0.3, 0.4) is 0 Å². The van der Waals surface area contributed by atoms with Gasteiger partial charge in [0, 0.05) is 24.4 Å². The summed E-state index contributed by atoms with van der Waals surface area (Å²) in [6.45, 7) is 1.90. The minimum atomic E-state index is -0.327. The van der Waals surface area contributed by atoms with Crippen molar-refractivity contribution < 1.29 is 9.53 Å². The van der Waals surface area contributed by atoms with Gasteiger partial charge in [-0.1, -0.05) is 0 Å². The average Bonchev–Trinajstić information content (AvgIpc) is 2.59. The summed E-state index contributed by atoms with van der Waals surface area (Å²) in [4.78, 5) is 18.9. The van der Waals surface area contributed by atoms with E-state index >= 15 is 0 Å². The SMILES string of the molecule is COC(=O)c1nc2c(s1)CN(C)CC2. The minimum Gasteiger partial charge on any atom is -0.464 e. The van der Waals surface area contributed by atoms with Gasteiger partial charge in [0.25, 0.3) is 0 Å². The molecule has 0 amide bonds. The summed E-state index contributed by atoms with van der Waals surface area (Å²) in [5.74, 6) is -0.327. The van der Waals surface area contributed by atoms with Gasteiger partial charge in [0.2, 0.25) is 5.01 Å². The van der Waals surface area contributed by atoms with Gasteiger partial charge in [-0.3, -0.25) is 0 Å². The van der Waals surface area contributed by atoms with Crippen molar-refractivity contribution in [2.24, 2.45) is 0 Å². The van der Waals surface area contributed by atoms with Crippen LogP contribution in [0.2, 0.25) is 0 Å². The van der Waals surface area contributed by atoms with E-state index in [0.717, 1.165) is 25.2 Å². The van der Waals surface area contributed by atoms with E-state index in [1.165, 1.54) is 23.3 Å². The molecule has 0 saturated heterocycles. The summed E-state index contributed by atoms with van der Waals surface area (Å²) in [5.41, 5.74) is 1.06. The molecule has 1 aliphatic heterocycles. The lowest BCUT2D eigenvalue weighted by Gasteiger charge is -2.20. The molecule has 2 heterocycles. The zero-order chi connectivity index (χ0) is 10.1. The van der Waals surface area contributed by atoms with Crippen LogP contribution in [0.25, 0.3) is 0 Å². The molecule has 0 fully saturated rings. The molecule has 76 valence electrons. The van der Waals surface area contributed by atoms with Crippen LogP contribution in [0.4, 0.5) is 0 Å². The molecule has 4 nitrogen and oxygen atoms in total. The Hall–Kier alpha value is -0.940. The van der Waals surface area contributed by atoms with Crippen LogP contribution in [0.1, 0.15) is 20.4 Å². The highest BCUT2D eigenvalue weighted by Crippen LogP contribution is 2.24. The van der Waals surface area contributed by atoms with Gasteiger partial charge < -0.3 is 9.64 Å². The van der Waals surface area contributed by atoms with Gasteiger partial charge in [-0.15, -0.1) is 11.3 Å². The van der Waals surface area contributed by atoms with Gasteiger partial charge in [-0.25, -0.2) is 9.78 Å². The van der Waals surface area contributed by atoms with Gasteiger partial charge >= 0.3 is 5.97 Å². The Morgan fingerprint density at radius 3 is 3.14 bits per heavy atom. The van der Waals surface area contributed by atoms with Crippen molar-refractivity contribution in [1.29, 1.82) is 0 Å². The Morgan fingerprint density at radius 1 is 1.64 bits per heavy atom. The number of hydrogen-bond donors (Lipinski definition) is 0. The Bertz CT molecular complexity index is 362. The Labute approximate surface area is 86.5 Å². The molecule has 14 heavy (non-hydrogen) atoms. The summed E-state index contributed by atoms with van der Waals surface area (Å²) in [7, 11) is 3.45. The van der Waals surface area contributed by atoms with E-state index in [1.807, 2.05) is 0 Å². The van der Waals surface area contributed by atoms with Gasteiger partial charge in [-0.05, 0) is 7.05 Å². The van der Waals surface area contributed by atoms with Crippen LogP contribution < -0.4 is 0 Å². The van der Waals surface area contributed by atoms with Gasteiger partial charge in [-0.2, -0.15) is 0 Å². The quantitative estimate of drug-likeness (QED) is 0.649.